The van der Waals surface area contributed by atoms with Gasteiger partial charge in [-0.25, -0.2) is 8.42 Å². The zero-order valence-electron chi connectivity index (χ0n) is 11.1. The fourth-order valence-corrected chi connectivity index (χ4v) is 4.42. The van der Waals surface area contributed by atoms with Crippen molar-refractivity contribution in [1.29, 1.82) is 0 Å². The van der Waals surface area contributed by atoms with Crippen LogP contribution in [-0.2, 0) is 21.0 Å². The number of halogens is 4. The van der Waals surface area contributed by atoms with Crippen LogP contribution >= 0.6 is 11.6 Å². The third-order valence-corrected chi connectivity index (χ3v) is 5.57. The highest BCUT2D eigenvalue weighted by atomic mass is 35.5. The Balaban J connectivity index is 2.58. The Morgan fingerprint density at radius 2 is 2.00 bits per heavy atom. The standard InChI is InChI=1S/C12H12ClF3N2O3S/c13-7-3-4-10(8(6-7)12(14,15)16)22(20,21)18-5-1-2-9(18)11(17)19/h3-4,6,9H,1-2,5H2,(H2,17,19). The number of nitrogens with two attached hydrogens (primary N) is 1. The molecule has 2 N–H and O–H groups in total. The van der Waals surface area contributed by atoms with E-state index in [9.17, 15) is 26.4 Å². The third kappa shape index (κ3) is 3.06. The van der Waals surface area contributed by atoms with E-state index in [0.717, 1.165) is 12.1 Å². The van der Waals surface area contributed by atoms with Gasteiger partial charge in [0.2, 0.25) is 15.9 Å². The molecule has 1 unspecified atom stereocenters. The van der Waals surface area contributed by atoms with Gasteiger partial charge in [-0.1, -0.05) is 11.6 Å². The highest BCUT2D eigenvalue weighted by molar-refractivity contribution is 7.89. The Bertz CT molecular complexity index is 706. The van der Waals surface area contributed by atoms with Crippen LogP contribution in [-0.4, -0.2) is 31.2 Å². The molecule has 1 heterocycles. The van der Waals surface area contributed by atoms with E-state index < -0.39 is 38.6 Å². The number of hydrogen-bond acceptors (Lipinski definition) is 3. The van der Waals surface area contributed by atoms with Crippen molar-refractivity contribution < 1.29 is 26.4 Å². The maximum atomic E-state index is 13.1. The minimum absolute atomic E-state index is 0.0597. The van der Waals surface area contributed by atoms with E-state index in [1.54, 1.807) is 0 Å². The van der Waals surface area contributed by atoms with Crippen molar-refractivity contribution in [3.63, 3.8) is 0 Å². The summed E-state index contributed by atoms with van der Waals surface area (Å²) < 4.78 is 64.9. The molecular weight excluding hydrogens is 345 g/mol. The lowest BCUT2D eigenvalue weighted by atomic mass is 10.2. The van der Waals surface area contributed by atoms with E-state index in [0.29, 0.717) is 16.8 Å². The highest BCUT2D eigenvalue weighted by Crippen LogP contribution is 2.38. The molecule has 1 atom stereocenters. The largest absolute Gasteiger partial charge is 0.417 e. The van der Waals surface area contributed by atoms with E-state index in [1.807, 2.05) is 0 Å². The van der Waals surface area contributed by atoms with Gasteiger partial charge in [-0.3, -0.25) is 4.79 Å². The molecule has 2 rings (SSSR count). The maximum absolute atomic E-state index is 13.1. The number of alkyl halides is 3. The fraction of sp³-hybridized carbons (Fsp3) is 0.417. The lowest BCUT2D eigenvalue weighted by molar-refractivity contribution is -0.139. The van der Waals surface area contributed by atoms with Gasteiger partial charge in [0.05, 0.1) is 10.5 Å². The normalized spacial score (nSPS) is 20.3. The Morgan fingerprint density at radius 3 is 2.55 bits per heavy atom. The number of amides is 1. The first-order valence-corrected chi connectivity index (χ1v) is 8.05. The molecule has 122 valence electrons. The second-order valence-corrected chi connectivity index (χ2v) is 7.11. The molecule has 22 heavy (non-hydrogen) atoms. The monoisotopic (exact) mass is 356 g/mol. The number of sulfonamides is 1. The molecule has 0 radical (unpaired) electrons. The second kappa shape index (κ2) is 5.71. The first-order chi connectivity index (χ1) is 10.0. The molecule has 5 nitrogen and oxygen atoms in total. The minimum atomic E-state index is -4.89. The number of nitrogens with zero attached hydrogens (tertiary/aromatic N) is 1. The van der Waals surface area contributed by atoms with Crippen molar-refractivity contribution in [3.8, 4) is 0 Å². The molecule has 0 spiro atoms. The summed E-state index contributed by atoms with van der Waals surface area (Å²) in [4.78, 5) is 10.4. The van der Waals surface area contributed by atoms with Crippen LogP contribution in [0.3, 0.4) is 0 Å². The lowest BCUT2D eigenvalue weighted by Crippen LogP contribution is -2.44. The SMILES string of the molecule is NC(=O)C1CCCN1S(=O)(=O)c1ccc(Cl)cc1C(F)(F)F. The summed E-state index contributed by atoms with van der Waals surface area (Å²) in [5, 5.41) is -0.237. The summed E-state index contributed by atoms with van der Waals surface area (Å²) in [6.07, 6.45) is -4.36. The van der Waals surface area contributed by atoms with Crippen LogP contribution < -0.4 is 5.73 Å². The molecule has 0 aliphatic carbocycles. The average Bonchev–Trinajstić information content (AvgIpc) is 2.87. The van der Waals surface area contributed by atoms with Gasteiger partial charge in [0.1, 0.15) is 6.04 Å². The number of hydrogen-bond donors (Lipinski definition) is 1. The molecule has 10 heteroatoms. The first kappa shape index (κ1) is 17.0. The fourth-order valence-electron chi connectivity index (χ4n) is 2.39. The van der Waals surface area contributed by atoms with E-state index in [2.05, 4.69) is 0 Å². The van der Waals surface area contributed by atoms with Crippen LogP contribution in [0.2, 0.25) is 5.02 Å². The summed E-state index contributed by atoms with van der Waals surface area (Å²) in [5.41, 5.74) is 3.76. The smallest absolute Gasteiger partial charge is 0.368 e. The van der Waals surface area contributed by atoms with E-state index >= 15 is 0 Å². The van der Waals surface area contributed by atoms with E-state index in [1.165, 1.54) is 0 Å². The maximum Gasteiger partial charge on any atom is 0.417 e. The molecular formula is C12H12ClF3N2O3S. The average molecular weight is 357 g/mol. The lowest BCUT2D eigenvalue weighted by Gasteiger charge is -2.23. The number of rotatable bonds is 3. The van der Waals surface area contributed by atoms with Crippen LogP contribution in [0.5, 0.6) is 0 Å². The van der Waals surface area contributed by atoms with Gasteiger partial charge in [0.25, 0.3) is 0 Å². The second-order valence-electron chi connectivity index (χ2n) is 4.81. The van der Waals surface area contributed by atoms with Crippen LogP contribution in [0.25, 0.3) is 0 Å². The predicted octanol–water partition coefficient (Wildman–Crippen LogP) is 2.00. The Kier molecular flexibility index (Phi) is 4.42. The van der Waals surface area contributed by atoms with Crippen LogP contribution in [0, 0.1) is 0 Å². The van der Waals surface area contributed by atoms with Crippen molar-refractivity contribution >= 4 is 27.5 Å². The summed E-state index contributed by atoms with van der Waals surface area (Å²) in [6.45, 7) is -0.0597. The summed E-state index contributed by atoms with van der Waals surface area (Å²) in [5.74, 6) is -0.886. The number of primary amides is 1. The number of carbonyl (C=O) groups excluding carboxylic acids is 1. The van der Waals surface area contributed by atoms with Crippen LogP contribution in [0.15, 0.2) is 23.1 Å². The van der Waals surface area contributed by atoms with Gasteiger partial charge in [0.15, 0.2) is 0 Å². The van der Waals surface area contributed by atoms with Crippen molar-refractivity contribution in [3.05, 3.63) is 28.8 Å². The number of benzene rings is 1. The Morgan fingerprint density at radius 1 is 1.36 bits per heavy atom. The summed E-state index contributed by atoms with van der Waals surface area (Å²) in [7, 11) is -4.51. The van der Waals surface area contributed by atoms with Gasteiger partial charge in [-0.05, 0) is 31.0 Å². The minimum Gasteiger partial charge on any atom is -0.368 e. The van der Waals surface area contributed by atoms with Gasteiger partial charge in [-0.2, -0.15) is 17.5 Å². The van der Waals surface area contributed by atoms with Crippen LogP contribution in [0.4, 0.5) is 13.2 Å². The van der Waals surface area contributed by atoms with Crippen molar-refractivity contribution in [2.45, 2.75) is 30.0 Å². The van der Waals surface area contributed by atoms with Gasteiger partial charge >= 0.3 is 6.18 Å². The Hall–Kier alpha value is -1.32. The predicted molar refractivity (Wildman–Crippen MR) is 72.6 cm³/mol. The quantitative estimate of drug-likeness (QED) is 0.899. The van der Waals surface area contributed by atoms with Crippen molar-refractivity contribution in [1.82, 2.24) is 4.31 Å². The van der Waals surface area contributed by atoms with E-state index in [4.69, 9.17) is 17.3 Å². The molecule has 0 aromatic heterocycles. The number of carbonyl (C=O) groups is 1. The highest BCUT2D eigenvalue weighted by Gasteiger charge is 2.43. The molecule has 1 aliphatic rings. The first-order valence-electron chi connectivity index (χ1n) is 6.23. The van der Waals surface area contributed by atoms with Crippen LogP contribution in [0.1, 0.15) is 18.4 Å². The van der Waals surface area contributed by atoms with E-state index in [-0.39, 0.29) is 18.0 Å². The molecule has 1 amide bonds. The third-order valence-electron chi connectivity index (χ3n) is 3.37. The van der Waals surface area contributed by atoms with Gasteiger partial charge in [0, 0.05) is 11.6 Å². The van der Waals surface area contributed by atoms with Gasteiger partial charge < -0.3 is 5.73 Å². The molecule has 1 fully saturated rings. The molecule has 0 bridgehead atoms. The summed E-state index contributed by atoms with van der Waals surface area (Å²) >= 11 is 5.53. The molecule has 1 aromatic rings. The summed E-state index contributed by atoms with van der Waals surface area (Å²) in [6, 6.07) is 1.25. The Labute approximate surface area is 129 Å². The zero-order valence-corrected chi connectivity index (χ0v) is 12.7. The molecule has 0 saturated carbocycles. The zero-order chi connectivity index (χ0) is 16.7. The molecule has 1 aromatic carbocycles. The topological polar surface area (TPSA) is 80.5 Å². The molecule has 1 aliphatic heterocycles. The van der Waals surface area contributed by atoms with Gasteiger partial charge in [-0.15, -0.1) is 0 Å². The van der Waals surface area contributed by atoms with Crippen molar-refractivity contribution in [2.24, 2.45) is 5.73 Å². The van der Waals surface area contributed by atoms with Crippen molar-refractivity contribution in [2.75, 3.05) is 6.54 Å². The molecule has 1 saturated heterocycles.